The van der Waals surface area contributed by atoms with Gasteiger partial charge in [-0.3, -0.25) is 0 Å². The average molecular weight is 333 g/mol. The van der Waals surface area contributed by atoms with Crippen LogP contribution in [0.1, 0.15) is 31.2 Å². The Morgan fingerprint density at radius 1 is 1.28 bits per heavy atom. The summed E-state index contributed by atoms with van der Waals surface area (Å²) < 4.78 is 0.939. The van der Waals surface area contributed by atoms with Crippen molar-refractivity contribution in [2.45, 2.75) is 38.3 Å². The summed E-state index contributed by atoms with van der Waals surface area (Å²) in [5, 5.41) is 13.7. The molecule has 0 aromatic heterocycles. The molecule has 2 rings (SSSR count). The second-order valence-electron chi connectivity index (χ2n) is 5.05. The van der Waals surface area contributed by atoms with Crippen LogP contribution >= 0.6 is 27.5 Å². The van der Waals surface area contributed by atoms with Crippen LogP contribution in [0.15, 0.2) is 22.7 Å². The molecule has 0 unspecified atom stereocenters. The van der Waals surface area contributed by atoms with Crippen molar-refractivity contribution in [3.05, 3.63) is 33.3 Å². The summed E-state index contributed by atoms with van der Waals surface area (Å²) in [4.78, 5) is 0. The fourth-order valence-electron chi connectivity index (χ4n) is 2.42. The standard InChI is InChI=1S/C14H19BrClNO/c15-13-6-3-11(7-14(13)16)9-17-8-10-1-4-12(18)5-2-10/h3,6-7,10,12,17-18H,1-2,4-5,8-9H2. The van der Waals surface area contributed by atoms with Gasteiger partial charge in [0, 0.05) is 11.0 Å². The molecule has 0 bridgehead atoms. The summed E-state index contributed by atoms with van der Waals surface area (Å²) in [5.74, 6) is 0.708. The molecule has 1 aliphatic rings. The zero-order chi connectivity index (χ0) is 13.0. The van der Waals surface area contributed by atoms with Gasteiger partial charge >= 0.3 is 0 Å². The van der Waals surface area contributed by atoms with Crippen molar-refractivity contribution in [2.75, 3.05) is 6.54 Å². The Balaban J connectivity index is 1.73. The molecule has 0 radical (unpaired) electrons. The summed E-state index contributed by atoms with van der Waals surface area (Å²) in [6, 6.07) is 6.05. The minimum atomic E-state index is -0.0634. The van der Waals surface area contributed by atoms with Gasteiger partial charge < -0.3 is 10.4 Å². The van der Waals surface area contributed by atoms with Crippen LogP contribution < -0.4 is 5.32 Å². The first-order chi connectivity index (χ1) is 8.65. The highest BCUT2D eigenvalue weighted by Gasteiger charge is 2.18. The lowest BCUT2D eigenvalue weighted by molar-refractivity contribution is 0.108. The normalized spacial score (nSPS) is 24.2. The third-order valence-electron chi connectivity index (χ3n) is 3.56. The van der Waals surface area contributed by atoms with Crippen LogP contribution in [-0.4, -0.2) is 17.8 Å². The first-order valence-corrected chi connectivity index (χ1v) is 7.65. The Kier molecular flexibility index (Phi) is 5.49. The number of rotatable bonds is 4. The number of nitrogens with one attached hydrogen (secondary N) is 1. The molecular weight excluding hydrogens is 314 g/mol. The van der Waals surface area contributed by atoms with Gasteiger partial charge in [-0.15, -0.1) is 0 Å². The van der Waals surface area contributed by atoms with E-state index < -0.39 is 0 Å². The third kappa shape index (κ3) is 4.23. The molecule has 1 fully saturated rings. The van der Waals surface area contributed by atoms with Crippen molar-refractivity contribution in [1.82, 2.24) is 5.32 Å². The predicted octanol–water partition coefficient (Wildman–Crippen LogP) is 3.74. The fourth-order valence-corrected chi connectivity index (χ4v) is 2.87. The Hall–Kier alpha value is -0.0900. The van der Waals surface area contributed by atoms with Crippen molar-refractivity contribution in [2.24, 2.45) is 5.92 Å². The van der Waals surface area contributed by atoms with Gasteiger partial charge in [-0.2, -0.15) is 0 Å². The van der Waals surface area contributed by atoms with Crippen molar-refractivity contribution in [3.8, 4) is 0 Å². The maximum absolute atomic E-state index is 9.45. The van der Waals surface area contributed by atoms with Crippen LogP contribution in [-0.2, 0) is 6.54 Å². The monoisotopic (exact) mass is 331 g/mol. The Labute approximate surface area is 122 Å². The van der Waals surface area contributed by atoms with E-state index in [0.717, 1.165) is 48.3 Å². The lowest BCUT2D eigenvalue weighted by atomic mass is 9.87. The highest BCUT2D eigenvalue weighted by atomic mass is 79.9. The molecule has 0 amide bonds. The summed E-state index contributed by atoms with van der Waals surface area (Å²) in [6.07, 6.45) is 4.11. The molecule has 0 heterocycles. The summed E-state index contributed by atoms with van der Waals surface area (Å²) >= 11 is 9.44. The zero-order valence-electron chi connectivity index (χ0n) is 10.3. The van der Waals surface area contributed by atoms with Crippen LogP contribution in [0.25, 0.3) is 0 Å². The average Bonchev–Trinajstić information content (AvgIpc) is 2.36. The van der Waals surface area contributed by atoms with Crippen LogP contribution in [0.5, 0.6) is 0 Å². The van der Waals surface area contributed by atoms with Crippen LogP contribution in [0.4, 0.5) is 0 Å². The lowest BCUT2D eigenvalue weighted by Crippen LogP contribution is -2.27. The maximum Gasteiger partial charge on any atom is 0.0551 e. The second kappa shape index (κ2) is 6.90. The van der Waals surface area contributed by atoms with Gasteiger partial charge in [0.2, 0.25) is 0 Å². The van der Waals surface area contributed by atoms with E-state index in [0.29, 0.717) is 5.92 Å². The molecule has 1 aliphatic carbocycles. The van der Waals surface area contributed by atoms with Crippen LogP contribution in [0, 0.1) is 5.92 Å². The van der Waals surface area contributed by atoms with Crippen molar-refractivity contribution < 1.29 is 5.11 Å². The molecule has 2 N–H and O–H groups in total. The van der Waals surface area contributed by atoms with E-state index in [1.165, 1.54) is 5.56 Å². The number of aliphatic hydroxyl groups is 1. The van der Waals surface area contributed by atoms with Crippen LogP contribution in [0.3, 0.4) is 0 Å². The van der Waals surface area contributed by atoms with E-state index in [1.54, 1.807) is 0 Å². The molecular formula is C14H19BrClNO. The molecule has 2 nitrogen and oxygen atoms in total. The van der Waals surface area contributed by atoms with Gasteiger partial charge in [-0.1, -0.05) is 17.7 Å². The predicted molar refractivity (Wildman–Crippen MR) is 78.8 cm³/mol. The van der Waals surface area contributed by atoms with Crippen LogP contribution in [0.2, 0.25) is 5.02 Å². The molecule has 4 heteroatoms. The third-order valence-corrected chi connectivity index (χ3v) is 4.79. The first-order valence-electron chi connectivity index (χ1n) is 6.48. The van der Waals surface area contributed by atoms with Crippen molar-refractivity contribution in [3.63, 3.8) is 0 Å². The number of aliphatic hydroxyl groups excluding tert-OH is 1. The first kappa shape index (κ1) is 14.3. The van der Waals surface area contributed by atoms with Gasteiger partial charge in [0.1, 0.15) is 0 Å². The van der Waals surface area contributed by atoms with Crippen molar-refractivity contribution in [1.29, 1.82) is 0 Å². The highest BCUT2D eigenvalue weighted by Crippen LogP contribution is 2.24. The largest absolute Gasteiger partial charge is 0.393 e. The summed E-state index contributed by atoms with van der Waals surface area (Å²) in [6.45, 7) is 1.88. The SMILES string of the molecule is OC1CCC(CNCc2ccc(Br)c(Cl)c2)CC1. The number of hydrogen-bond acceptors (Lipinski definition) is 2. The lowest BCUT2D eigenvalue weighted by Gasteiger charge is -2.25. The highest BCUT2D eigenvalue weighted by molar-refractivity contribution is 9.10. The van der Waals surface area contributed by atoms with Gasteiger partial charge in [0.05, 0.1) is 11.1 Å². The van der Waals surface area contributed by atoms with E-state index in [2.05, 4.69) is 27.3 Å². The van der Waals surface area contributed by atoms with E-state index in [9.17, 15) is 5.11 Å². The van der Waals surface area contributed by atoms with Gasteiger partial charge in [-0.25, -0.2) is 0 Å². The van der Waals surface area contributed by atoms with E-state index in [-0.39, 0.29) is 6.10 Å². The smallest absolute Gasteiger partial charge is 0.0551 e. The minimum absolute atomic E-state index is 0.0634. The Morgan fingerprint density at radius 3 is 2.67 bits per heavy atom. The van der Waals surface area contributed by atoms with Gasteiger partial charge in [-0.05, 0) is 71.8 Å². The summed E-state index contributed by atoms with van der Waals surface area (Å²) in [7, 11) is 0. The van der Waals surface area contributed by atoms with Gasteiger partial charge in [0.15, 0.2) is 0 Å². The Morgan fingerprint density at radius 2 is 2.00 bits per heavy atom. The fraction of sp³-hybridized carbons (Fsp3) is 0.571. The zero-order valence-corrected chi connectivity index (χ0v) is 12.7. The molecule has 0 aliphatic heterocycles. The summed E-state index contributed by atoms with van der Waals surface area (Å²) in [5.41, 5.74) is 1.21. The number of halogens is 2. The minimum Gasteiger partial charge on any atom is -0.393 e. The van der Waals surface area contributed by atoms with E-state index >= 15 is 0 Å². The van der Waals surface area contributed by atoms with Gasteiger partial charge in [0.25, 0.3) is 0 Å². The second-order valence-corrected chi connectivity index (χ2v) is 6.32. The molecule has 1 aromatic carbocycles. The molecule has 0 spiro atoms. The van der Waals surface area contributed by atoms with E-state index in [4.69, 9.17) is 11.6 Å². The number of hydrogen-bond donors (Lipinski definition) is 2. The topological polar surface area (TPSA) is 32.3 Å². The quantitative estimate of drug-likeness (QED) is 0.880. The molecule has 1 aromatic rings. The van der Waals surface area contributed by atoms with Crippen molar-refractivity contribution >= 4 is 27.5 Å². The molecule has 18 heavy (non-hydrogen) atoms. The van der Waals surface area contributed by atoms with E-state index in [1.807, 2.05) is 12.1 Å². The molecule has 1 saturated carbocycles. The molecule has 0 atom stereocenters. The Bertz CT molecular complexity index is 391. The molecule has 0 saturated heterocycles. The molecule has 100 valence electrons. The number of benzene rings is 1. The maximum atomic E-state index is 9.45.